The van der Waals surface area contributed by atoms with E-state index in [0.717, 1.165) is 17.8 Å². The summed E-state index contributed by atoms with van der Waals surface area (Å²) in [6.45, 7) is 2.53. The van der Waals surface area contributed by atoms with Crippen molar-refractivity contribution in [3.63, 3.8) is 0 Å². The van der Waals surface area contributed by atoms with Gasteiger partial charge in [-0.15, -0.1) is 0 Å². The maximum atomic E-state index is 5.21. The van der Waals surface area contributed by atoms with Crippen molar-refractivity contribution >= 4 is 6.21 Å². The molecule has 0 aliphatic rings. The van der Waals surface area contributed by atoms with Gasteiger partial charge >= 0.3 is 0 Å². The van der Waals surface area contributed by atoms with Gasteiger partial charge in [0, 0.05) is 12.1 Å². The third-order valence-corrected chi connectivity index (χ3v) is 2.49. The van der Waals surface area contributed by atoms with Crippen LogP contribution in [0.1, 0.15) is 17.0 Å². The fraction of sp³-hybridized carbons (Fsp3) is 0.200. The molecule has 0 N–H and O–H groups in total. The third-order valence-electron chi connectivity index (χ3n) is 2.49. The topological polar surface area (TPSA) is 34.5 Å². The van der Waals surface area contributed by atoms with Crippen molar-refractivity contribution in [1.82, 2.24) is 4.98 Å². The van der Waals surface area contributed by atoms with Gasteiger partial charge in [-0.3, -0.25) is 4.98 Å². The molecule has 1 aromatic carbocycles. The fourth-order valence-corrected chi connectivity index (χ4v) is 1.59. The Kier molecular flexibility index (Phi) is 4.47. The van der Waals surface area contributed by atoms with Crippen LogP contribution in [-0.4, -0.2) is 17.8 Å². The Bertz CT molecular complexity index is 509. The van der Waals surface area contributed by atoms with E-state index in [9.17, 15) is 0 Å². The Balaban J connectivity index is 1.75. The van der Waals surface area contributed by atoms with Crippen LogP contribution in [0.3, 0.4) is 0 Å². The molecule has 1 aromatic heterocycles. The van der Waals surface area contributed by atoms with Gasteiger partial charge in [-0.25, -0.2) is 0 Å². The second-order valence-electron chi connectivity index (χ2n) is 4.01. The van der Waals surface area contributed by atoms with E-state index in [4.69, 9.17) is 4.84 Å². The molecule has 3 nitrogen and oxygen atoms in total. The molecule has 1 heterocycles. The number of oxime groups is 1. The number of nitrogens with zero attached hydrogens (tertiary/aromatic N) is 2. The number of hydrogen-bond acceptors (Lipinski definition) is 3. The second-order valence-corrected chi connectivity index (χ2v) is 4.01. The first-order valence-electron chi connectivity index (χ1n) is 5.97. The summed E-state index contributed by atoms with van der Waals surface area (Å²) in [4.78, 5) is 9.51. The monoisotopic (exact) mass is 240 g/mol. The van der Waals surface area contributed by atoms with Crippen LogP contribution < -0.4 is 0 Å². The van der Waals surface area contributed by atoms with E-state index in [1.54, 1.807) is 6.21 Å². The summed E-state index contributed by atoms with van der Waals surface area (Å²) in [5.41, 5.74) is 3.04. The molecule has 0 unspecified atom stereocenters. The summed E-state index contributed by atoms with van der Waals surface area (Å²) in [5, 5.41) is 3.91. The van der Waals surface area contributed by atoms with E-state index >= 15 is 0 Å². The molecule has 0 radical (unpaired) electrons. The molecular formula is C15H16N2O. The van der Waals surface area contributed by atoms with Crippen LogP contribution in [0.5, 0.6) is 0 Å². The van der Waals surface area contributed by atoms with Crippen molar-refractivity contribution < 1.29 is 4.84 Å². The van der Waals surface area contributed by atoms with Gasteiger partial charge in [-0.05, 0) is 24.6 Å². The lowest BCUT2D eigenvalue weighted by Gasteiger charge is -1.99. The van der Waals surface area contributed by atoms with E-state index in [0.29, 0.717) is 6.61 Å². The highest BCUT2D eigenvalue weighted by molar-refractivity contribution is 5.76. The van der Waals surface area contributed by atoms with E-state index in [1.165, 1.54) is 5.56 Å². The van der Waals surface area contributed by atoms with Crippen LogP contribution in [0.4, 0.5) is 0 Å². The first-order valence-corrected chi connectivity index (χ1v) is 5.97. The van der Waals surface area contributed by atoms with Crippen LogP contribution in [0.15, 0.2) is 53.7 Å². The van der Waals surface area contributed by atoms with Gasteiger partial charge in [0.1, 0.15) is 6.61 Å². The van der Waals surface area contributed by atoms with Gasteiger partial charge in [0.25, 0.3) is 0 Å². The summed E-state index contributed by atoms with van der Waals surface area (Å²) in [6, 6.07) is 16.0. The maximum Gasteiger partial charge on any atom is 0.121 e. The van der Waals surface area contributed by atoms with Gasteiger partial charge < -0.3 is 4.84 Å². The maximum absolute atomic E-state index is 5.21. The zero-order valence-corrected chi connectivity index (χ0v) is 10.4. The molecule has 3 heteroatoms. The van der Waals surface area contributed by atoms with Crippen molar-refractivity contribution in [2.24, 2.45) is 5.16 Å². The smallest absolute Gasteiger partial charge is 0.121 e. The van der Waals surface area contributed by atoms with E-state index in [1.807, 2.05) is 43.3 Å². The van der Waals surface area contributed by atoms with Gasteiger partial charge in [-0.2, -0.15) is 0 Å². The number of rotatable bonds is 5. The Morgan fingerprint density at radius 3 is 2.72 bits per heavy atom. The molecular weight excluding hydrogens is 224 g/mol. The van der Waals surface area contributed by atoms with Crippen molar-refractivity contribution in [1.29, 1.82) is 0 Å². The molecule has 0 atom stereocenters. The van der Waals surface area contributed by atoms with Crippen LogP contribution in [-0.2, 0) is 11.3 Å². The zero-order valence-electron chi connectivity index (χ0n) is 10.4. The minimum atomic E-state index is 0.576. The summed E-state index contributed by atoms with van der Waals surface area (Å²) in [5.74, 6) is 0. The molecule has 0 aliphatic heterocycles. The second kappa shape index (κ2) is 6.55. The lowest BCUT2D eigenvalue weighted by atomic mass is 10.2. The molecule has 2 rings (SSSR count). The van der Waals surface area contributed by atoms with Gasteiger partial charge in [0.15, 0.2) is 0 Å². The van der Waals surface area contributed by atoms with Crippen molar-refractivity contribution in [3.8, 4) is 0 Å². The van der Waals surface area contributed by atoms with Gasteiger partial charge in [0.2, 0.25) is 0 Å². The van der Waals surface area contributed by atoms with Crippen LogP contribution in [0.2, 0.25) is 0 Å². The van der Waals surface area contributed by atoms with E-state index in [2.05, 4.69) is 22.3 Å². The van der Waals surface area contributed by atoms with Crippen LogP contribution in [0, 0.1) is 6.92 Å². The molecule has 2 aromatic rings. The van der Waals surface area contributed by atoms with Crippen molar-refractivity contribution in [2.45, 2.75) is 13.3 Å². The third kappa shape index (κ3) is 4.01. The van der Waals surface area contributed by atoms with Gasteiger partial charge in [0.05, 0.1) is 11.9 Å². The average molecular weight is 240 g/mol. The normalized spacial score (nSPS) is 10.7. The Morgan fingerprint density at radius 2 is 1.94 bits per heavy atom. The minimum absolute atomic E-state index is 0.576. The van der Waals surface area contributed by atoms with Crippen LogP contribution in [0.25, 0.3) is 0 Å². The number of pyridine rings is 1. The Labute approximate surface area is 107 Å². The van der Waals surface area contributed by atoms with Gasteiger partial charge in [-0.1, -0.05) is 41.6 Å². The molecule has 92 valence electrons. The molecule has 18 heavy (non-hydrogen) atoms. The van der Waals surface area contributed by atoms with Crippen molar-refractivity contribution in [2.75, 3.05) is 6.61 Å². The summed E-state index contributed by atoms with van der Waals surface area (Å²) >= 11 is 0. The molecule has 0 saturated carbocycles. The highest BCUT2D eigenvalue weighted by Crippen LogP contribution is 2.00. The molecule has 0 saturated heterocycles. The molecule has 0 amide bonds. The lowest BCUT2D eigenvalue weighted by molar-refractivity contribution is 0.149. The first-order chi connectivity index (χ1) is 8.84. The lowest BCUT2D eigenvalue weighted by Crippen LogP contribution is -1.95. The molecule has 0 fully saturated rings. The number of aryl methyl sites for hydroxylation is 1. The minimum Gasteiger partial charge on any atom is -0.395 e. The SMILES string of the molecule is Cc1cccc(/C=N/OCCc2ccccc2)n1. The Morgan fingerprint density at radius 1 is 1.11 bits per heavy atom. The number of benzene rings is 1. The summed E-state index contributed by atoms with van der Waals surface area (Å²) < 4.78 is 0. The predicted molar refractivity (Wildman–Crippen MR) is 72.7 cm³/mol. The van der Waals surface area contributed by atoms with Crippen LogP contribution >= 0.6 is 0 Å². The van der Waals surface area contributed by atoms with E-state index < -0.39 is 0 Å². The highest BCUT2D eigenvalue weighted by atomic mass is 16.6. The van der Waals surface area contributed by atoms with E-state index in [-0.39, 0.29) is 0 Å². The summed E-state index contributed by atoms with van der Waals surface area (Å²) in [7, 11) is 0. The number of aromatic nitrogens is 1. The standard InChI is InChI=1S/C15H16N2O/c1-13-6-5-9-15(17-13)12-16-18-11-10-14-7-3-2-4-8-14/h2-9,12H,10-11H2,1H3/b16-12+. The summed E-state index contributed by atoms with van der Waals surface area (Å²) in [6.07, 6.45) is 2.50. The Hall–Kier alpha value is -2.16. The number of hydrogen-bond donors (Lipinski definition) is 0. The molecule has 0 bridgehead atoms. The predicted octanol–water partition coefficient (Wildman–Crippen LogP) is 2.98. The largest absolute Gasteiger partial charge is 0.395 e. The van der Waals surface area contributed by atoms with Crippen molar-refractivity contribution in [3.05, 3.63) is 65.5 Å². The quantitative estimate of drug-likeness (QED) is 0.457. The molecule has 0 aliphatic carbocycles. The first kappa shape index (κ1) is 12.3. The average Bonchev–Trinajstić information content (AvgIpc) is 2.40. The molecule has 0 spiro atoms. The fourth-order valence-electron chi connectivity index (χ4n) is 1.59. The highest BCUT2D eigenvalue weighted by Gasteiger charge is 1.92. The zero-order chi connectivity index (χ0) is 12.6.